The van der Waals surface area contributed by atoms with E-state index in [1.54, 1.807) is 30.2 Å². The lowest BCUT2D eigenvalue weighted by Gasteiger charge is -2.17. The number of ether oxygens (including phenoxy) is 3. The minimum atomic E-state index is -0.333. The molecule has 1 atom stereocenters. The SMILES string of the molecule is COc1ccc(C(=O)N2CCC(c3noc(COc4ccc(F)cc4)n3)C2)cc1OC. The third kappa shape index (κ3) is 4.60. The number of hydrogen-bond donors (Lipinski definition) is 0. The van der Waals surface area contributed by atoms with Crippen molar-refractivity contribution in [3.05, 3.63) is 65.6 Å². The van der Waals surface area contributed by atoms with E-state index in [9.17, 15) is 9.18 Å². The first-order valence-electron chi connectivity index (χ1n) is 9.79. The Morgan fingerprint density at radius 2 is 1.94 bits per heavy atom. The summed E-state index contributed by atoms with van der Waals surface area (Å²) >= 11 is 0. The van der Waals surface area contributed by atoms with E-state index in [1.165, 1.54) is 31.4 Å². The molecule has 31 heavy (non-hydrogen) atoms. The summed E-state index contributed by atoms with van der Waals surface area (Å²) in [4.78, 5) is 19.0. The monoisotopic (exact) mass is 427 g/mol. The molecule has 4 rings (SSSR count). The van der Waals surface area contributed by atoms with Crippen LogP contribution in [-0.4, -0.2) is 48.3 Å². The first-order chi connectivity index (χ1) is 15.1. The van der Waals surface area contributed by atoms with E-state index < -0.39 is 0 Å². The molecule has 1 aliphatic heterocycles. The summed E-state index contributed by atoms with van der Waals surface area (Å²) in [6.45, 7) is 1.17. The van der Waals surface area contributed by atoms with E-state index in [0.29, 0.717) is 47.6 Å². The van der Waals surface area contributed by atoms with Crippen molar-refractivity contribution in [3.8, 4) is 17.2 Å². The van der Waals surface area contributed by atoms with Gasteiger partial charge in [0.15, 0.2) is 23.9 Å². The quantitative estimate of drug-likeness (QED) is 0.571. The van der Waals surface area contributed by atoms with E-state index in [4.69, 9.17) is 18.7 Å². The molecule has 1 fully saturated rings. The average Bonchev–Trinajstić information content (AvgIpc) is 3.47. The molecule has 2 aromatic carbocycles. The van der Waals surface area contributed by atoms with Crippen LogP contribution in [0, 0.1) is 5.82 Å². The Kier molecular flexibility index (Phi) is 6.01. The number of benzene rings is 2. The van der Waals surface area contributed by atoms with Crippen LogP contribution in [0.4, 0.5) is 4.39 Å². The molecule has 8 nitrogen and oxygen atoms in total. The summed E-state index contributed by atoms with van der Waals surface area (Å²) in [5, 5.41) is 4.04. The van der Waals surface area contributed by atoms with Crippen LogP contribution in [0.5, 0.6) is 17.2 Å². The van der Waals surface area contributed by atoms with Gasteiger partial charge in [-0.25, -0.2) is 4.39 Å². The van der Waals surface area contributed by atoms with Crippen LogP contribution in [0.15, 0.2) is 47.0 Å². The molecule has 1 aromatic heterocycles. The molecule has 0 spiro atoms. The molecule has 9 heteroatoms. The van der Waals surface area contributed by atoms with E-state index in [0.717, 1.165) is 6.42 Å². The highest BCUT2D eigenvalue weighted by Gasteiger charge is 2.31. The maximum Gasteiger partial charge on any atom is 0.264 e. The van der Waals surface area contributed by atoms with Gasteiger partial charge in [0.2, 0.25) is 0 Å². The Bertz CT molecular complexity index is 1050. The second-order valence-electron chi connectivity index (χ2n) is 7.10. The molecular weight excluding hydrogens is 405 g/mol. The molecule has 1 amide bonds. The van der Waals surface area contributed by atoms with E-state index in [-0.39, 0.29) is 24.2 Å². The lowest BCUT2D eigenvalue weighted by molar-refractivity contribution is 0.0790. The van der Waals surface area contributed by atoms with Crippen LogP contribution in [0.25, 0.3) is 0 Å². The zero-order chi connectivity index (χ0) is 21.8. The predicted molar refractivity (Wildman–Crippen MR) is 108 cm³/mol. The molecule has 162 valence electrons. The molecule has 0 saturated carbocycles. The lowest BCUT2D eigenvalue weighted by Crippen LogP contribution is -2.28. The number of amides is 1. The summed E-state index contributed by atoms with van der Waals surface area (Å²) in [6, 6.07) is 10.8. The van der Waals surface area contributed by atoms with Crippen molar-refractivity contribution in [2.24, 2.45) is 0 Å². The van der Waals surface area contributed by atoms with Gasteiger partial charge in [-0.05, 0) is 48.9 Å². The van der Waals surface area contributed by atoms with Crippen molar-refractivity contribution in [1.29, 1.82) is 0 Å². The third-order valence-electron chi connectivity index (χ3n) is 5.13. The van der Waals surface area contributed by atoms with Crippen LogP contribution < -0.4 is 14.2 Å². The normalized spacial score (nSPS) is 15.7. The number of carbonyl (C=O) groups excluding carboxylic acids is 1. The van der Waals surface area contributed by atoms with Gasteiger partial charge in [-0.3, -0.25) is 4.79 Å². The molecule has 0 aliphatic carbocycles. The molecule has 1 unspecified atom stereocenters. The molecule has 1 saturated heterocycles. The minimum Gasteiger partial charge on any atom is -0.493 e. The summed E-state index contributed by atoms with van der Waals surface area (Å²) in [5.41, 5.74) is 0.528. The van der Waals surface area contributed by atoms with Crippen LogP contribution in [-0.2, 0) is 6.61 Å². The highest BCUT2D eigenvalue weighted by molar-refractivity contribution is 5.95. The van der Waals surface area contributed by atoms with Crippen LogP contribution >= 0.6 is 0 Å². The standard InChI is InChI=1S/C22H22FN3O5/c1-28-18-8-3-14(11-19(18)29-2)22(27)26-10-9-15(12-26)21-24-20(31-25-21)13-30-17-6-4-16(23)5-7-17/h3-8,11,15H,9-10,12-13H2,1-2H3. The molecule has 0 N–H and O–H groups in total. The largest absolute Gasteiger partial charge is 0.493 e. The van der Waals surface area contributed by atoms with Gasteiger partial charge >= 0.3 is 0 Å². The third-order valence-corrected chi connectivity index (χ3v) is 5.13. The number of likely N-dealkylation sites (tertiary alicyclic amines) is 1. The molecule has 0 radical (unpaired) electrons. The summed E-state index contributed by atoms with van der Waals surface area (Å²) in [7, 11) is 3.08. The lowest BCUT2D eigenvalue weighted by atomic mass is 10.1. The fraction of sp³-hybridized carbons (Fsp3) is 0.318. The van der Waals surface area contributed by atoms with Crippen molar-refractivity contribution in [3.63, 3.8) is 0 Å². The molecule has 2 heterocycles. The van der Waals surface area contributed by atoms with Gasteiger partial charge in [0.25, 0.3) is 11.8 Å². The smallest absolute Gasteiger partial charge is 0.264 e. The maximum atomic E-state index is 13.0. The zero-order valence-corrected chi connectivity index (χ0v) is 17.2. The highest BCUT2D eigenvalue weighted by atomic mass is 19.1. The maximum absolute atomic E-state index is 13.0. The van der Waals surface area contributed by atoms with Crippen LogP contribution in [0.3, 0.4) is 0 Å². The molecule has 0 bridgehead atoms. The Morgan fingerprint density at radius 3 is 2.68 bits per heavy atom. The summed E-state index contributed by atoms with van der Waals surface area (Å²) in [6.07, 6.45) is 0.733. The number of methoxy groups -OCH3 is 2. The van der Waals surface area contributed by atoms with Gasteiger partial charge in [-0.15, -0.1) is 0 Å². The van der Waals surface area contributed by atoms with Crippen LogP contribution in [0.2, 0.25) is 0 Å². The Balaban J connectivity index is 1.36. The van der Waals surface area contributed by atoms with Crippen molar-refractivity contribution >= 4 is 5.91 Å². The van der Waals surface area contributed by atoms with Crippen molar-refractivity contribution in [2.75, 3.05) is 27.3 Å². The van der Waals surface area contributed by atoms with Gasteiger partial charge in [0.05, 0.1) is 14.2 Å². The van der Waals surface area contributed by atoms with Gasteiger partial charge in [0.1, 0.15) is 11.6 Å². The number of carbonyl (C=O) groups is 1. The van der Waals surface area contributed by atoms with Gasteiger partial charge in [-0.1, -0.05) is 5.16 Å². The average molecular weight is 427 g/mol. The zero-order valence-electron chi connectivity index (χ0n) is 17.2. The molecule has 1 aliphatic rings. The van der Waals surface area contributed by atoms with Gasteiger partial charge in [-0.2, -0.15) is 4.98 Å². The summed E-state index contributed by atoms with van der Waals surface area (Å²) < 4.78 is 34.3. The second kappa shape index (κ2) is 9.03. The first-order valence-corrected chi connectivity index (χ1v) is 9.79. The summed E-state index contributed by atoms with van der Waals surface area (Å²) in [5.74, 6) is 2.01. The van der Waals surface area contributed by atoms with Crippen LogP contribution in [0.1, 0.15) is 34.4 Å². The molecular formula is C22H22FN3O5. The molecule has 3 aromatic rings. The van der Waals surface area contributed by atoms with Crippen molar-refractivity contribution in [1.82, 2.24) is 15.0 Å². The first kappa shape index (κ1) is 20.6. The highest BCUT2D eigenvalue weighted by Crippen LogP contribution is 2.30. The fourth-order valence-electron chi connectivity index (χ4n) is 3.48. The van der Waals surface area contributed by atoms with E-state index in [1.807, 2.05) is 0 Å². The number of hydrogen-bond acceptors (Lipinski definition) is 7. The second-order valence-corrected chi connectivity index (χ2v) is 7.10. The van der Waals surface area contributed by atoms with E-state index >= 15 is 0 Å². The Hall–Kier alpha value is -3.62. The number of halogens is 1. The van der Waals surface area contributed by atoms with Gasteiger partial charge < -0.3 is 23.6 Å². The number of nitrogens with zero attached hydrogens (tertiary/aromatic N) is 3. The fourth-order valence-corrected chi connectivity index (χ4v) is 3.48. The predicted octanol–water partition coefficient (Wildman–Crippen LogP) is 3.43. The van der Waals surface area contributed by atoms with Gasteiger partial charge in [0, 0.05) is 24.6 Å². The topological polar surface area (TPSA) is 86.9 Å². The minimum absolute atomic E-state index is 0.0209. The van der Waals surface area contributed by atoms with Crippen molar-refractivity contribution in [2.45, 2.75) is 18.9 Å². The Labute approximate surface area is 178 Å². The van der Waals surface area contributed by atoms with E-state index in [2.05, 4.69) is 10.1 Å². The number of aromatic nitrogens is 2. The van der Waals surface area contributed by atoms with Crippen molar-refractivity contribution < 1.29 is 27.9 Å². The Morgan fingerprint density at radius 1 is 1.16 bits per heavy atom. The number of rotatable bonds is 7.